The molecule has 1 aromatic rings. The molecule has 0 aliphatic carbocycles. The molecular weight excluding hydrogens is 228 g/mol. The number of hydrogen-bond donors (Lipinski definition) is 1. The van der Waals surface area contributed by atoms with Crippen molar-refractivity contribution in [2.45, 2.75) is 9.79 Å². The lowest BCUT2D eigenvalue weighted by molar-refractivity contribution is 1.36. The molecule has 56 valence electrons. The summed E-state index contributed by atoms with van der Waals surface area (Å²) in [4.78, 5) is 2.31. The first kappa shape index (κ1) is 10.4. The van der Waals surface area contributed by atoms with Crippen LogP contribution in [0.15, 0.2) is 34.1 Å². The van der Waals surface area contributed by atoms with Crippen molar-refractivity contribution < 1.29 is 0 Å². The summed E-state index contributed by atoms with van der Waals surface area (Å²) in [5.74, 6) is 0. The molecule has 0 saturated heterocycles. The van der Waals surface area contributed by atoms with Crippen molar-refractivity contribution in [2.75, 3.05) is 6.26 Å². The zero-order chi connectivity index (χ0) is 6.69. The van der Waals surface area contributed by atoms with Crippen LogP contribution >= 0.6 is 41.4 Å². The number of halogens is 1. The van der Waals surface area contributed by atoms with E-state index >= 15 is 0 Å². The second kappa shape index (κ2) is 5.10. The highest BCUT2D eigenvalue weighted by Crippen LogP contribution is 2.15. The van der Waals surface area contributed by atoms with Gasteiger partial charge in [-0.2, -0.15) is 0 Å². The number of benzene rings is 1. The zero-order valence-corrected chi connectivity index (χ0v) is 9.00. The van der Waals surface area contributed by atoms with Crippen molar-refractivity contribution in [1.29, 1.82) is 0 Å². The molecule has 0 nitrogen and oxygen atoms in total. The Labute approximate surface area is 81.6 Å². The van der Waals surface area contributed by atoms with Gasteiger partial charge in [-0.05, 0) is 30.5 Å². The summed E-state index contributed by atoms with van der Waals surface area (Å²) in [5.41, 5.74) is 0. The van der Waals surface area contributed by atoms with E-state index in [1.54, 1.807) is 11.8 Å². The Morgan fingerprint density at radius 2 is 1.70 bits per heavy atom. The van der Waals surface area contributed by atoms with Crippen LogP contribution in [0.25, 0.3) is 0 Å². The molecule has 0 spiro atoms. The van der Waals surface area contributed by atoms with Gasteiger partial charge in [-0.3, -0.25) is 0 Å². The van der Waals surface area contributed by atoms with Crippen LogP contribution in [-0.4, -0.2) is 6.26 Å². The fourth-order valence-electron chi connectivity index (χ4n) is 0.582. The Bertz CT molecular complexity index is 183. The van der Waals surface area contributed by atoms with Gasteiger partial charge in [0.15, 0.2) is 0 Å². The third kappa shape index (κ3) is 2.99. The van der Waals surface area contributed by atoms with E-state index in [1.165, 1.54) is 4.90 Å². The highest BCUT2D eigenvalue weighted by Gasteiger charge is 1.85. The lowest BCUT2D eigenvalue weighted by Crippen LogP contribution is -1.67. The molecule has 10 heavy (non-hydrogen) atoms. The molecule has 0 aliphatic heterocycles. The number of rotatable bonds is 1. The largest absolute Gasteiger partial charge is 0.143 e. The molecule has 0 radical (unpaired) electrons. The van der Waals surface area contributed by atoms with E-state index in [0.29, 0.717) is 0 Å². The maximum Gasteiger partial charge on any atom is 0.00699 e. The Kier molecular flexibility index (Phi) is 5.31. The summed E-state index contributed by atoms with van der Waals surface area (Å²) in [6.45, 7) is 0. The van der Waals surface area contributed by atoms with Crippen LogP contribution in [0.5, 0.6) is 0 Å². The van der Waals surface area contributed by atoms with Gasteiger partial charge >= 0.3 is 0 Å². The van der Waals surface area contributed by atoms with Crippen LogP contribution in [0.3, 0.4) is 0 Å². The molecule has 3 heteroatoms. The van der Waals surface area contributed by atoms with Crippen molar-refractivity contribution in [1.82, 2.24) is 0 Å². The smallest absolute Gasteiger partial charge is 0.00699 e. The Morgan fingerprint density at radius 1 is 1.20 bits per heavy atom. The molecule has 0 amide bonds. The van der Waals surface area contributed by atoms with Gasteiger partial charge in [-0.25, -0.2) is 0 Å². The van der Waals surface area contributed by atoms with Crippen LogP contribution in [0.4, 0.5) is 0 Å². The molecule has 0 aromatic heterocycles. The second-order valence-electron chi connectivity index (χ2n) is 1.70. The first-order chi connectivity index (χ1) is 4.33. The lowest BCUT2D eigenvalue weighted by atomic mass is 10.4. The molecule has 0 aliphatic rings. The summed E-state index contributed by atoms with van der Waals surface area (Å²) in [6.07, 6.45) is 2.06. The van der Waals surface area contributed by atoms with Gasteiger partial charge in [0.2, 0.25) is 0 Å². The van der Waals surface area contributed by atoms with Gasteiger partial charge in [-0.1, -0.05) is 0 Å². The van der Waals surface area contributed by atoms with E-state index in [9.17, 15) is 0 Å². The Morgan fingerprint density at radius 3 is 2.10 bits per heavy atom. The summed E-state index contributed by atoms with van der Waals surface area (Å²) in [7, 11) is 0. The highest BCUT2D eigenvalue weighted by molar-refractivity contribution is 8.93. The van der Waals surface area contributed by atoms with Crippen LogP contribution in [0, 0.1) is 0 Å². The molecule has 0 saturated carbocycles. The molecule has 0 atom stereocenters. The fourth-order valence-corrected chi connectivity index (χ4v) is 1.14. The van der Waals surface area contributed by atoms with Crippen molar-refractivity contribution in [2.24, 2.45) is 0 Å². The fraction of sp³-hybridized carbons (Fsp3) is 0.143. The van der Waals surface area contributed by atoms with E-state index in [4.69, 9.17) is 0 Å². The van der Waals surface area contributed by atoms with Gasteiger partial charge in [0.1, 0.15) is 0 Å². The maximum atomic E-state index is 4.16. The quantitative estimate of drug-likeness (QED) is 0.577. The molecule has 0 unspecified atom stereocenters. The Balaban J connectivity index is 0.000000810. The van der Waals surface area contributed by atoms with Gasteiger partial charge in [0, 0.05) is 9.79 Å². The molecule has 0 fully saturated rings. The molecule has 0 heterocycles. The summed E-state index contributed by atoms with van der Waals surface area (Å²) >= 11 is 5.90. The van der Waals surface area contributed by atoms with E-state index in [1.807, 2.05) is 12.1 Å². The van der Waals surface area contributed by atoms with E-state index in [-0.39, 0.29) is 17.0 Å². The number of thioether (sulfide) groups is 1. The summed E-state index contributed by atoms with van der Waals surface area (Å²) in [6, 6.07) is 8.11. The maximum absolute atomic E-state index is 4.16. The minimum absolute atomic E-state index is 0. The van der Waals surface area contributed by atoms with E-state index in [2.05, 4.69) is 31.0 Å². The number of hydrogen-bond acceptors (Lipinski definition) is 2. The average molecular weight is 237 g/mol. The lowest BCUT2D eigenvalue weighted by Gasteiger charge is -1.93. The normalized spacial score (nSPS) is 8.60. The van der Waals surface area contributed by atoms with Crippen molar-refractivity contribution in [3.05, 3.63) is 24.3 Å². The van der Waals surface area contributed by atoms with Gasteiger partial charge in [0.05, 0.1) is 0 Å². The van der Waals surface area contributed by atoms with Crippen LogP contribution in [-0.2, 0) is 0 Å². The van der Waals surface area contributed by atoms with Crippen LogP contribution in [0.1, 0.15) is 0 Å². The van der Waals surface area contributed by atoms with Gasteiger partial charge in [-0.15, -0.1) is 41.4 Å². The highest BCUT2D eigenvalue weighted by atomic mass is 79.9. The molecule has 1 aromatic carbocycles. The summed E-state index contributed by atoms with van der Waals surface area (Å²) < 4.78 is 0. The summed E-state index contributed by atoms with van der Waals surface area (Å²) in [5, 5.41) is 0. The predicted molar refractivity (Wildman–Crippen MR) is 55.8 cm³/mol. The first-order valence-electron chi connectivity index (χ1n) is 2.66. The molecule has 0 N–H and O–H groups in total. The molecule has 0 bridgehead atoms. The van der Waals surface area contributed by atoms with E-state index in [0.717, 1.165) is 4.90 Å². The van der Waals surface area contributed by atoms with Gasteiger partial charge in [0.25, 0.3) is 0 Å². The second-order valence-corrected chi connectivity index (χ2v) is 3.09. The van der Waals surface area contributed by atoms with Crippen molar-refractivity contribution in [3.63, 3.8) is 0 Å². The van der Waals surface area contributed by atoms with Crippen LogP contribution in [0.2, 0.25) is 0 Å². The molecular formula is C7H9BrS2. The Hall–Kier alpha value is 0.400. The standard InChI is InChI=1S/C7H8S2.BrH/c1-9-7-4-2-6(8)3-5-7;/h2-5,8H,1H3;1H. The van der Waals surface area contributed by atoms with Crippen molar-refractivity contribution in [3.8, 4) is 0 Å². The van der Waals surface area contributed by atoms with Crippen molar-refractivity contribution >= 4 is 41.4 Å². The monoisotopic (exact) mass is 236 g/mol. The SMILES string of the molecule is Br.CSc1ccc(S)cc1. The molecule has 1 rings (SSSR count). The predicted octanol–water partition coefficient (Wildman–Crippen LogP) is 3.28. The topological polar surface area (TPSA) is 0 Å². The third-order valence-corrected chi connectivity index (χ3v) is 2.11. The zero-order valence-electron chi connectivity index (χ0n) is 5.57. The average Bonchev–Trinajstić information content (AvgIpc) is 1.90. The van der Waals surface area contributed by atoms with E-state index < -0.39 is 0 Å². The van der Waals surface area contributed by atoms with Crippen LogP contribution < -0.4 is 0 Å². The first-order valence-corrected chi connectivity index (χ1v) is 4.33. The van der Waals surface area contributed by atoms with Gasteiger partial charge < -0.3 is 0 Å². The third-order valence-electron chi connectivity index (χ3n) is 1.07. The number of thiol groups is 1. The minimum atomic E-state index is 0. The minimum Gasteiger partial charge on any atom is -0.143 e.